The Morgan fingerprint density at radius 1 is 1.16 bits per heavy atom. The molecule has 1 amide bonds. The smallest absolute Gasteiger partial charge is 0.269 e. The minimum Gasteiger partial charge on any atom is -0.419 e. The molecule has 162 valence electrons. The number of hydrogen-bond donors (Lipinski definition) is 1. The number of nitrogens with zero attached hydrogens (tertiary/aromatic N) is 4. The highest BCUT2D eigenvalue weighted by Gasteiger charge is 2.22. The zero-order valence-corrected chi connectivity index (χ0v) is 18.2. The van der Waals surface area contributed by atoms with Crippen LogP contribution in [0.3, 0.4) is 0 Å². The van der Waals surface area contributed by atoms with Crippen LogP contribution in [0.1, 0.15) is 35.5 Å². The van der Waals surface area contributed by atoms with Crippen LogP contribution in [0.2, 0.25) is 0 Å². The van der Waals surface area contributed by atoms with E-state index in [0.29, 0.717) is 11.5 Å². The van der Waals surface area contributed by atoms with Gasteiger partial charge in [0.1, 0.15) is 0 Å². The van der Waals surface area contributed by atoms with Crippen molar-refractivity contribution in [2.24, 2.45) is 0 Å². The summed E-state index contributed by atoms with van der Waals surface area (Å²) in [4.78, 5) is 24.7. The summed E-state index contributed by atoms with van der Waals surface area (Å²) < 4.78 is 5.74. The number of rotatable bonds is 7. The van der Waals surface area contributed by atoms with Crippen molar-refractivity contribution in [2.45, 2.75) is 33.7 Å². The van der Waals surface area contributed by atoms with Gasteiger partial charge in [0.2, 0.25) is 17.7 Å². The maximum absolute atomic E-state index is 12.6. The Balaban J connectivity index is 1.66. The Bertz CT molecular complexity index is 1080. The molecule has 0 unspecified atom stereocenters. The lowest BCUT2D eigenvalue weighted by Crippen LogP contribution is -2.32. The van der Waals surface area contributed by atoms with Crippen molar-refractivity contribution < 1.29 is 14.1 Å². The van der Waals surface area contributed by atoms with Gasteiger partial charge in [-0.15, -0.1) is 10.2 Å². The standard InChI is InChI=1S/C22H25N5O4/c1-13-10-14(2)20(15(3)11-13)23-19(28)12-26(5)16(4)21-24-25-22(31-21)17-6-8-18(9-7-17)27(29)30/h6-11,16H,12H2,1-5H3,(H,23,28)/t16-/m1/s1. The van der Waals surface area contributed by atoms with Gasteiger partial charge in [0.05, 0.1) is 17.5 Å². The van der Waals surface area contributed by atoms with E-state index in [4.69, 9.17) is 4.42 Å². The van der Waals surface area contributed by atoms with Crippen molar-refractivity contribution in [1.82, 2.24) is 15.1 Å². The fourth-order valence-corrected chi connectivity index (χ4v) is 3.35. The number of nitrogens with one attached hydrogen (secondary N) is 1. The van der Waals surface area contributed by atoms with Gasteiger partial charge in [-0.2, -0.15) is 0 Å². The monoisotopic (exact) mass is 423 g/mol. The first-order chi connectivity index (χ1) is 14.7. The third kappa shape index (κ3) is 5.13. The number of nitro benzene ring substituents is 1. The number of nitro groups is 1. The van der Waals surface area contributed by atoms with Crippen molar-refractivity contribution in [3.63, 3.8) is 0 Å². The number of carbonyl (C=O) groups is 1. The van der Waals surface area contributed by atoms with Gasteiger partial charge in [-0.25, -0.2) is 0 Å². The van der Waals surface area contributed by atoms with E-state index >= 15 is 0 Å². The molecular weight excluding hydrogens is 398 g/mol. The van der Waals surface area contributed by atoms with Crippen LogP contribution in [0.15, 0.2) is 40.8 Å². The minimum atomic E-state index is -0.468. The van der Waals surface area contributed by atoms with E-state index in [2.05, 4.69) is 15.5 Å². The van der Waals surface area contributed by atoms with Gasteiger partial charge in [0.15, 0.2) is 0 Å². The first kappa shape index (κ1) is 22.1. The summed E-state index contributed by atoms with van der Waals surface area (Å²) in [6.07, 6.45) is 0. The average Bonchev–Trinajstić information content (AvgIpc) is 3.20. The molecule has 1 atom stereocenters. The number of anilines is 1. The van der Waals surface area contributed by atoms with E-state index in [0.717, 1.165) is 22.4 Å². The first-order valence-corrected chi connectivity index (χ1v) is 9.82. The topological polar surface area (TPSA) is 114 Å². The summed E-state index contributed by atoms with van der Waals surface area (Å²) in [6.45, 7) is 7.97. The lowest BCUT2D eigenvalue weighted by atomic mass is 10.1. The van der Waals surface area contributed by atoms with Crippen molar-refractivity contribution in [3.8, 4) is 11.5 Å². The van der Waals surface area contributed by atoms with Gasteiger partial charge in [0, 0.05) is 23.4 Å². The van der Waals surface area contributed by atoms with Crippen LogP contribution in [0.25, 0.3) is 11.5 Å². The highest BCUT2D eigenvalue weighted by molar-refractivity contribution is 5.93. The molecule has 0 aliphatic carbocycles. The highest BCUT2D eigenvalue weighted by Crippen LogP contribution is 2.25. The van der Waals surface area contributed by atoms with E-state index in [9.17, 15) is 14.9 Å². The summed E-state index contributed by atoms with van der Waals surface area (Å²) in [6, 6.07) is 9.65. The molecule has 0 fully saturated rings. The Labute approximate surface area is 180 Å². The lowest BCUT2D eigenvalue weighted by Gasteiger charge is -2.22. The summed E-state index contributed by atoms with van der Waals surface area (Å²) >= 11 is 0. The largest absolute Gasteiger partial charge is 0.419 e. The summed E-state index contributed by atoms with van der Waals surface area (Å²) in [7, 11) is 1.80. The predicted octanol–water partition coefficient (Wildman–Crippen LogP) is 4.20. The highest BCUT2D eigenvalue weighted by atomic mass is 16.6. The number of likely N-dealkylation sites (N-methyl/N-ethyl adjacent to an activating group) is 1. The van der Waals surface area contributed by atoms with Gasteiger partial charge in [-0.1, -0.05) is 17.7 Å². The van der Waals surface area contributed by atoms with Gasteiger partial charge < -0.3 is 9.73 Å². The third-order valence-corrected chi connectivity index (χ3v) is 5.12. The summed E-state index contributed by atoms with van der Waals surface area (Å²) in [5.74, 6) is 0.478. The van der Waals surface area contributed by atoms with Crippen LogP contribution in [0, 0.1) is 30.9 Å². The van der Waals surface area contributed by atoms with Crippen LogP contribution in [-0.4, -0.2) is 39.5 Å². The molecule has 1 heterocycles. The molecule has 0 radical (unpaired) electrons. The van der Waals surface area contributed by atoms with E-state index in [1.54, 1.807) is 24.1 Å². The molecule has 1 N–H and O–H groups in total. The van der Waals surface area contributed by atoms with Gasteiger partial charge in [-0.05, 0) is 58.0 Å². The van der Waals surface area contributed by atoms with Crippen LogP contribution in [0.5, 0.6) is 0 Å². The van der Waals surface area contributed by atoms with E-state index in [1.165, 1.54) is 12.1 Å². The lowest BCUT2D eigenvalue weighted by molar-refractivity contribution is -0.384. The van der Waals surface area contributed by atoms with Crippen LogP contribution in [0.4, 0.5) is 11.4 Å². The second-order valence-electron chi connectivity index (χ2n) is 7.66. The van der Waals surface area contributed by atoms with Crippen LogP contribution in [-0.2, 0) is 4.79 Å². The number of amides is 1. The molecule has 0 saturated heterocycles. The normalized spacial score (nSPS) is 12.1. The Hall–Kier alpha value is -3.59. The number of aryl methyl sites for hydroxylation is 3. The molecule has 1 aromatic heterocycles. The Kier molecular flexibility index (Phi) is 6.45. The van der Waals surface area contributed by atoms with Crippen molar-refractivity contribution in [3.05, 3.63) is 69.1 Å². The molecule has 0 bridgehead atoms. The molecule has 3 rings (SSSR count). The maximum atomic E-state index is 12.6. The van der Waals surface area contributed by atoms with E-state index in [-0.39, 0.29) is 30.1 Å². The van der Waals surface area contributed by atoms with Crippen molar-refractivity contribution in [1.29, 1.82) is 0 Å². The number of non-ortho nitro benzene ring substituents is 1. The molecule has 9 heteroatoms. The fourth-order valence-electron chi connectivity index (χ4n) is 3.35. The zero-order chi connectivity index (χ0) is 22.7. The average molecular weight is 423 g/mol. The van der Waals surface area contributed by atoms with Gasteiger partial charge in [0.25, 0.3) is 5.69 Å². The molecule has 31 heavy (non-hydrogen) atoms. The summed E-state index contributed by atoms with van der Waals surface area (Å²) in [5.41, 5.74) is 4.59. The second kappa shape index (κ2) is 9.05. The summed E-state index contributed by atoms with van der Waals surface area (Å²) in [5, 5.41) is 21.9. The molecule has 0 aliphatic rings. The van der Waals surface area contributed by atoms with Gasteiger partial charge >= 0.3 is 0 Å². The molecule has 9 nitrogen and oxygen atoms in total. The third-order valence-electron chi connectivity index (χ3n) is 5.12. The van der Waals surface area contributed by atoms with Crippen molar-refractivity contribution in [2.75, 3.05) is 18.9 Å². The van der Waals surface area contributed by atoms with E-state index in [1.807, 2.05) is 39.8 Å². The molecule has 0 saturated carbocycles. The SMILES string of the molecule is Cc1cc(C)c(NC(=O)CN(C)[C@H](C)c2nnc(-c3ccc([N+](=O)[O-])cc3)o2)c(C)c1. The molecule has 3 aromatic rings. The molecule has 0 spiro atoms. The molecule has 0 aliphatic heterocycles. The van der Waals surface area contributed by atoms with Gasteiger partial charge in [-0.3, -0.25) is 19.8 Å². The maximum Gasteiger partial charge on any atom is 0.269 e. The zero-order valence-electron chi connectivity index (χ0n) is 18.2. The minimum absolute atomic E-state index is 0.0124. The quantitative estimate of drug-likeness (QED) is 0.447. The molecule has 2 aromatic carbocycles. The van der Waals surface area contributed by atoms with Crippen LogP contribution >= 0.6 is 0 Å². The van der Waals surface area contributed by atoms with Crippen LogP contribution < -0.4 is 5.32 Å². The van der Waals surface area contributed by atoms with Crippen molar-refractivity contribution >= 4 is 17.3 Å². The second-order valence-corrected chi connectivity index (χ2v) is 7.66. The fraction of sp³-hybridized carbons (Fsp3) is 0.318. The predicted molar refractivity (Wildman–Crippen MR) is 117 cm³/mol. The molecular formula is C22H25N5O4. The first-order valence-electron chi connectivity index (χ1n) is 9.82. The Morgan fingerprint density at radius 2 is 1.77 bits per heavy atom. The van der Waals surface area contributed by atoms with E-state index < -0.39 is 4.92 Å². The number of benzene rings is 2. The number of aromatic nitrogens is 2. The number of hydrogen-bond acceptors (Lipinski definition) is 7. The number of carbonyl (C=O) groups excluding carboxylic acids is 1. The Morgan fingerprint density at radius 3 is 2.35 bits per heavy atom.